The highest BCUT2D eigenvalue weighted by molar-refractivity contribution is 5.86. The van der Waals surface area contributed by atoms with E-state index in [2.05, 4.69) is 4.84 Å². The Morgan fingerprint density at radius 2 is 1.92 bits per heavy atom. The summed E-state index contributed by atoms with van der Waals surface area (Å²) in [6.07, 6.45) is 0.422. The molecule has 2 aromatic carbocycles. The fourth-order valence-electron chi connectivity index (χ4n) is 1.87. The van der Waals surface area contributed by atoms with Crippen LogP contribution in [0.3, 0.4) is 0 Å². The summed E-state index contributed by atoms with van der Waals surface area (Å²) in [5.74, 6) is -3.70. The van der Waals surface area contributed by atoms with E-state index >= 15 is 0 Å². The summed E-state index contributed by atoms with van der Waals surface area (Å²) in [6, 6.07) is -3.27. The number of nitrogens with zero attached hydrogens (tertiary/aromatic N) is 1. The highest BCUT2D eigenvalue weighted by Crippen LogP contribution is 2.25. The molecule has 0 fully saturated rings. The molecule has 0 saturated carbocycles. The minimum Gasteiger partial charge on any atom is -0.497 e. The van der Waals surface area contributed by atoms with E-state index in [-0.39, 0.29) is 42.6 Å². The first-order valence-corrected chi connectivity index (χ1v) is 7.40. The van der Waals surface area contributed by atoms with E-state index < -0.39 is 58.8 Å². The first-order valence-electron chi connectivity index (χ1n) is 10.9. The van der Waals surface area contributed by atoms with Crippen LogP contribution in [0.1, 0.15) is 40.8 Å². The predicted molar refractivity (Wildman–Crippen MR) is 92.1 cm³/mol. The Balaban J connectivity index is 2.46. The second-order valence-electron chi connectivity index (χ2n) is 4.93. The van der Waals surface area contributed by atoms with Gasteiger partial charge in [-0.05, 0) is 48.2 Å². The van der Waals surface area contributed by atoms with Crippen LogP contribution in [-0.4, -0.2) is 31.4 Å². The number of carbonyl (C=O) groups is 1. The lowest BCUT2D eigenvalue weighted by molar-refractivity contribution is -0.757. The van der Waals surface area contributed by atoms with Crippen molar-refractivity contribution in [3.63, 3.8) is 0 Å². The molecule has 2 rings (SSSR count). The third kappa shape index (κ3) is 5.34. The van der Waals surface area contributed by atoms with Crippen molar-refractivity contribution in [2.75, 3.05) is 20.3 Å². The fourth-order valence-corrected chi connectivity index (χ4v) is 1.87. The van der Waals surface area contributed by atoms with E-state index in [0.717, 1.165) is 6.92 Å². The van der Waals surface area contributed by atoms with Gasteiger partial charge in [0.2, 0.25) is 0 Å². The van der Waals surface area contributed by atoms with Gasteiger partial charge >= 0.3 is 5.97 Å². The van der Waals surface area contributed by atoms with Crippen LogP contribution in [0.25, 0.3) is 10.8 Å². The number of ether oxygens (including phenoxy) is 2. The highest BCUT2D eigenvalue weighted by Gasteiger charge is 2.17. The number of carbonyl (C=O) groups excluding carboxylic acids is 1. The van der Waals surface area contributed by atoms with E-state index in [9.17, 15) is 14.9 Å². The second-order valence-corrected chi connectivity index (χ2v) is 4.93. The van der Waals surface area contributed by atoms with Crippen LogP contribution >= 0.6 is 0 Å². The summed E-state index contributed by atoms with van der Waals surface area (Å²) in [4.78, 5) is 26.8. The number of esters is 1. The maximum absolute atomic E-state index is 12.6. The van der Waals surface area contributed by atoms with Crippen LogP contribution < -0.4 is 4.74 Å². The third-order valence-electron chi connectivity index (χ3n) is 3.21. The number of unbranched alkanes of at least 4 members (excludes halogenated alkanes) is 1. The zero-order chi connectivity index (χ0) is 24.4. The Hall–Kier alpha value is -2.83. The van der Waals surface area contributed by atoms with Gasteiger partial charge in [-0.1, -0.05) is 24.2 Å². The molecule has 7 nitrogen and oxygen atoms in total. The third-order valence-corrected chi connectivity index (χ3v) is 3.21. The lowest BCUT2D eigenvalue weighted by Gasteiger charge is -2.13. The van der Waals surface area contributed by atoms with Gasteiger partial charge in [0.05, 0.1) is 34.4 Å². The molecule has 134 valence electrons. The lowest BCUT2D eigenvalue weighted by atomic mass is 9.98. The zero-order valence-corrected chi connectivity index (χ0v) is 13.7. The molecule has 0 saturated heterocycles. The second kappa shape index (κ2) is 8.86. The molecule has 0 aliphatic rings. The van der Waals surface area contributed by atoms with Crippen molar-refractivity contribution in [3.05, 3.63) is 51.9 Å². The van der Waals surface area contributed by atoms with Crippen LogP contribution in [0.2, 0.25) is 0 Å². The van der Waals surface area contributed by atoms with E-state index in [0.29, 0.717) is 0 Å². The molecule has 0 N–H and O–H groups in total. The van der Waals surface area contributed by atoms with Crippen LogP contribution in [0.15, 0.2) is 36.3 Å². The quantitative estimate of drug-likeness (QED) is 0.296. The Morgan fingerprint density at radius 1 is 1.24 bits per heavy atom. The summed E-state index contributed by atoms with van der Waals surface area (Å²) in [6.45, 7) is 0.702. The fraction of sp³-hybridized carbons (Fsp3) is 0.389. The van der Waals surface area contributed by atoms with Gasteiger partial charge < -0.3 is 14.3 Å². The van der Waals surface area contributed by atoms with Gasteiger partial charge in [0.1, 0.15) is 5.75 Å². The van der Waals surface area contributed by atoms with Gasteiger partial charge in [0.25, 0.3) is 5.09 Å². The molecule has 25 heavy (non-hydrogen) atoms. The topological polar surface area (TPSA) is 87.9 Å². The SMILES string of the molecule is [2H]c1c([C@]([2H])(C)C(=O)OCCCCO[N+](=O)[O-])c([2H])c2c([2H])c([2H])c(OC)c([2H])c2c1[2H]. The molecule has 0 heterocycles. The first-order chi connectivity index (χ1) is 14.9. The molecule has 0 amide bonds. The van der Waals surface area contributed by atoms with Crippen molar-refractivity contribution < 1.29 is 33.8 Å². The molecule has 1 atom stereocenters. The molecule has 0 radical (unpaired) electrons. The lowest BCUT2D eigenvalue weighted by Crippen LogP contribution is -2.14. The first kappa shape index (κ1) is 10.9. The molecule has 0 aromatic heterocycles. The molecular weight excluding hydrogens is 326 g/mol. The molecule has 0 aliphatic carbocycles. The van der Waals surface area contributed by atoms with E-state index in [1.165, 1.54) is 7.11 Å². The molecule has 0 spiro atoms. The molecule has 7 heteroatoms. The largest absolute Gasteiger partial charge is 0.497 e. The average Bonchev–Trinajstić information content (AvgIpc) is 2.71. The monoisotopic (exact) mass is 354 g/mol. The van der Waals surface area contributed by atoms with Gasteiger partial charge in [-0.2, -0.15) is 0 Å². The smallest absolute Gasteiger partial charge is 0.313 e. The highest BCUT2D eigenvalue weighted by atomic mass is 16.9. The van der Waals surface area contributed by atoms with Gasteiger partial charge in [0.15, 0.2) is 0 Å². The van der Waals surface area contributed by atoms with Gasteiger partial charge in [-0.15, -0.1) is 10.1 Å². The van der Waals surface area contributed by atoms with Crippen LogP contribution in [0, 0.1) is 10.1 Å². The predicted octanol–water partition coefficient (Wildman–Crippen LogP) is 3.48. The minimum atomic E-state index is -2.30. The van der Waals surface area contributed by atoms with Crippen molar-refractivity contribution in [2.45, 2.75) is 25.7 Å². The Morgan fingerprint density at radius 3 is 2.64 bits per heavy atom. The van der Waals surface area contributed by atoms with E-state index in [4.69, 9.17) is 19.1 Å². The van der Waals surface area contributed by atoms with Gasteiger partial charge in [0, 0.05) is 1.37 Å². The standard InChI is InChI=1S/C18H21NO6/c1-13(18(20)24-9-3-4-10-25-19(21)22)14-5-6-16-12-17(23-2)8-7-15(16)11-14/h5-8,11-13H,3-4,9-10H2,1-2H3/t13-/m0/s1/i5D,6D,7D,8D,11D,12D,13D. The summed E-state index contributed by atoms with van der Waals surface area (Å²) < 4.78 is 67.9. The van der Waals surface area contributed by atoms with Crippen LogP contribution in [0.5, 0.6) is 5.75 Å². The number of methoxy groups -OCH3 is 1. The molecule has 0 aliphatic heterocycles. The average molecular weight is 354 g/mol. The Bertz CT molecular complexity index is 1080. The molecular formula is C18H21NO6. The van der Waals surface area contributed by atoms with Crippen LogP contribution in [-0.2, 0) is 14.4 Å². The van der Waals surface area contributed by atoms with Crippen molar-refractivity contribution in [1.29, 1.82) is 0 Å². The van der Waals surface area contributed by atoms with Crippen molar-refractivity contribution >= 4 is 16.7 Å². The number of hydrogen-bond acceptors (Lipinski definition) is 6. The summed E-state index contributed by atoms with van der Waals surface area (Å²) in [7, 11) is 1.19. The Labute approximate surface area is 155 Å². The maximum atomic E-state index is 12.6. The number of benzene rings is 2. The van der Waals surface area contributed by atoms with Gasteiger partial charge in [-0.25, -0.2) is 0 Å². The number of fused-ring (bicyclic) bond motifs is 1. The van der Waals surface area contributed by atoms with Crippen molar-refractivity contribution in [1.82, 2.24) is 0 Å². The summed E-state index contributed by atoms with van der Waals surface area (Å²) >= 11 is 0. The van der Waals surface area contributed by atoms with Crippen LogP contribution in [0.4, 0.5) is 0 Å². The maximum Gasteiger partial charge on any atom is 0.313 e. The molecule has 2 aromatic rings. The number of hydrogen-bond donors (Lipinski definition) is 0. The van der Waals surface area contributed by atoms with Crippen molar-refractivity contribution in [2.24, 2.45) is 0 Å². The summed E-state index contributed by atoms with van der Waals surface area (Å²) in [5.41, 5.74) is -0.492. The molecule has 0 unspecified atom stereocenters. The molecule has 0 bridgehead atoms. The Kier molecular flexibility index (Phi) is 3.87. The zero-order valence-electron chi connectivity index (χ0n) is 20.7. The number of rotatable bonds is 9. The minimum absolute atomic E-state index is 0.189. The van der Waals surface area contributed by atoms with Crippen molar-refractivity contribution in [3.8, 4) is 5.75 Å². The summed E-state index contributed by atoms with van der Waals surface area (Å²) in [5, 5.41) is 8.59. The van der Waals surface area contributed by atoms with E-state index in [1.807, 2.05) is 0 Å². The normalized spacial score (nSPS) is 17.0. The van der Waals surface area contributed by atoms with Gasteiger partial charge in [-0.3, -0.25) is 4.79 Å². The van der Waals surface area contributed by atoms with E-state index in [1.54, 1.807) is 0 Å².